The molecule has 0 spiro atoms. The maximum absolute atomic E-state index is 5.43. The quantitative estimate of drug-likeness (QED) is 0.588. The van der Waals surface area contributed by atoms with Crippen LogP contribution in [0.5, 0.6) is 0 Å². The molecule has 0 atom stereocenters. The van der Waals surface area contributed by atoms with Crippen molar-refractivity contribution in [2.75, 3.05) is 0 Å². The van der Waals surface area contributed by atoms with E-state index in [1.54, 1.807) is 0 Å². The minimum absolute atomic E-state index is 0.502. The molecule has 0 aromatic heterocycles. The summed E-state index contributed by atoms with van der Waals surface area (Å²) in [5.41, 5.74) is 6.96. The predicted molar refractivity (Wildman–Crippen MR) is 84.1 cm³/mol. The van der Waals surface area contributed by atoms with Gasteiger partial charge in [0.05, 0.1) is 5.71 Å². The molecule has 0 N–H and O–H groups in total. The van der Waals surface area contributed by atoms with Crippen LogP contribution < -0.4 is 0 Å². The van der Waals surface area contributed by atoms with Crippen LogP contribution in [0.25, 0.3) is 0 Å². The molecule has 0 bridgehead atoms. The zero-order valence-electron chi connectivity index (χ0n) is 12.6. The summed E-state index contributed by atoms with van der Waals surface area (Å²) < 4.78 is 0. The van der Waals surface area contributed by atoms with Crippen LogP contribution in [0, 0.1) is 20.8 Å². The standard InChI is InChI=1S/C18H21NO/c1-13-5-8-17(9-6-13)12-20-19-16(4)18-10-7-14(2)15(3)11-18/h5-11H,12H2,1-4H3/b19-16+. The number of aryl methyl sites for hydroxylation is 3. The summed E-state index contributed by atoms with van der Waals surface area (Å²) in [5.74, 6) is 0. The lowest BCUT2D eigenvalue weighted by atomic mass is 10.0. The number of hydrogen-bond acceptors (Lipinski definition) is 2. The van der Waals surface area contributed by atoms with Crippen molar-refractivity contribution in [3.8, 4) is 0 Å². The minimum Gasteiger partial charge on any atom is -0.391 e. The average molecular weight is 267 g/mol. The van der Waals surface area contributed by atoms with Crippen molar-refractivity contribution in [3.05, 3.63) is 70.3 Å². The molecule has 0 saturated heterocycles. The van der Waals surface area contributed by atoms with E-state index < -0.39 is 0 Å². The molecule has 2 rings (SSSR count). The molecule has 0 aliphatic rings. The van der Waals surface area contributed by atoms with Crippen molar-refractivity contribution in [1.82, 2.24) is 0 Å². The Balaban J connectivity index is 2.00. The van der Waals surface area contributed by atoms with Crippen LogP contribution in [0.15, 0.2) is 47.6 Å². The van der Waals surface area contributed by atoms with E-state index in [1.807, 2.05) is 6.92 Å². The Bertz CT molecular complexity index is 612. The monoisotopic (exact) mass is 267 g/mol. The summed E-state index contributed by atoms with van der Waals surface area (Å²) in [6, 6.07) is 14.6. The van der Waals surface area contributed by atoms with Gasteiger partial charge in [-0.2, -0.15) is 0 Å². The maximum atomic E-state index is 5.43. The van der Waals surface area contributed by atoms with Crippen molar-refractivity contribution >= 4 is 5.71 Å². The zero-order valence-corrected chi connectivity index (χ0v) is 12.6. The van der Waals surface area contributed by atoms with Gasteiger partial charge in [0.25, 0.3) is 0 Å². The van der Waals surface area contributed by atoms with E-state index >= 15 is 0 Å². The Morgan fingerprint density at radius 1 is 0.950 bits per heavy atom. The average Bonchev–Trinajstić information content (AvgIpc) is 2.44. The first kappa shape index (κ1) is 14.3. The Hall–Kier alpha value is -2.09. The van der Waals surface area contributed by atoms with Crippen LogP contribution in [0.2, 0.25) is 0 Å². The SMILES string of the molecule is C/C(=N\OCc1ccc(C)cc1)c1ccc(C)c(C)c1. The smallest absolute Gasteiger partial charge is 0.142 e. The molecule has 0 heterocycles. The lowest BCUT2D eigenvalue weighted by Crippen LogP contribution is -1.98. The molecule has 20 heavy (non-hydrogen) atoms. The molecule has 2 nitrogen and oxygen atoms in total. The van der Waals surface area contributed by atoms with E-state index in [1.165, 1.54) is 16.7 Å². The third-order valence-electron chi connectivity index (χ3n) is 3.48. The van der Waals surface area contributed by atoms with Gasteiger partial charge in [0.2, 0.25) is 0 Å². The Morgan fingerprint density at radius 3 is 2.30 bits per heavy atom. The first-order valence-electron chi connectivity index (χ1n) is 6.86. The summed E-state index contributed by atoms with van der Waals surface area (Å²) in [4.78, 5) is 5.43. The Kier molecular flexibility index (Phi) is 4.57. The molecule has 0 fully saturated rings. The van der Waals surface area contributed by atoms with Crippen LogP contribution >= 0.6 is 0 Å². The van der Waals surface area contributed by atoms with Crippen LogP contribution in [-0.2, 0) is 11.4 Å². The molecule has 2 aromatic rings. The van der Waals surface area contributed by atoms with Gasteiger partial charge in [-0.1, -0.05) is 47.1 Å². The molecular formula is C18H21NO. The molecule has 0 amide bonds. The molecule has 0 aliphatic heterocycles. The lowest BCUT2D eigenvalue weighted by Gasteiger charge is -2.06. The molecule has 104 valence electrons. The van der Waals surface area contributed by atoms with Crippen molar-refractivity contribution < 1.29 is 4.84 Å². The van der Waals surface area contributed by atoms with Gasteiger partial charge in [-0.15, -0.1) is 0 Å². The molecule has 2 aromatic carbocycles. The second kappa shape index (κ2) is 6.38. The van der Waals surface area contributed by atoms with E-state index in [0.29, 0.717) is 6.61 Å². The number of hydrogen-bond donors (Lipinski definition) is 0. The molecule has 0 saturated carbocycles. The van der Waals surface area contributed by atoms with Gasteiger partial charge in [0.15, 0.2) is 0 Å². The first-order valence-corrected chi connectivity index (χ1v) is 6.86. The van der Waals surface area contributed by atoms with Gasteiger partial charge in [0.1, 0.15) is 6.61 Å². The second-order valence-electron chi connectivity index (χ2n) is 5.23. The number of rotatable bonds is 4. The fraction of sp³-hybridized carbons (Fsp3) is 0.278. The predicted octanol–water partition coefficient (Wildman–Crippen LogP) is 4.55. The van der Waals surface area contributed by atoms with Gasteiger partial charge in [-0.05, 0) is 56.0 Å². The summed E-state index contributed by atoms with van der Waals surface area (Å²) >= 11 is 0. The van der Waals surface area contributed by atoms with Gasteiger partial charge >= 0.3 is 0 Å². The maximum Gasteiger partial charge on any atom is 0.142 e. The Morgan fingerprint density at radius 2 is 1.65 bits per heavy atom. The van der Waals surface area contributed by atoms with Crippen LogP contribution in [0.3, 0.4) is 0 Å². The van der Waals surface area contributed by atoms with Gasteiger partial charge in [0, 0.05) is 0 Å². The highest BCUT2D eigenvalue weighted by molar-refractivity contribution is 5.98. The van der Waals surface area contributed by atoms with Crippen LogP contribution in [0.4, 0.5) is 0 Å². The molecule has 2 heteroatoms. The second-order valence-corrected chi connectivity index (χ2v) is 5.23. The lowest BCUT2D eigenvalue weighted by molar-refractivity contribution is 0.130. The third-order valence-corrected chi connectivity index (χ3v) is 3.48. The van der Waals surface area contributed by atoms with E-state index in [-0.39, 0.29) is 0 Å². The number of oxime groups is 1. The van der Waals surface area contributed by atoms with E-state index in [4.69, 9.17) is 4.84 Å². The normalized spacial score (nSPS) is 11.5. The van der Waals surface area contributed by atoms with E-state index in [9.17, 15) is 0 Å². The highest BCUT2D eigenvalue weighted by Gasteiger charge is 2.00. The third kappa shape index (κ3) is 3.70. The van der Waals surface area contributed by atoms with Crippen molar-refractivity contribution in [3.63, 3.8) is 0 Å². The summed E-state index contributed by atoms with van der Waals surface area (Å²) in [6.45, 7) is 8.77. The zero-order chi connectivity index (χ0) is 14.5. The Labute approximate surface area is 121 Å². The summed E-state index contributed by atoms with van der Waals surface area (Å²) in [6.07, 6.45) is 0. The van der Waals surface area contributed by atoms with Crippen molar-refractivity contribution in [2.24, 2.45) is 5.16 Å². The van der Waals surface area contributed by atoms with E-state index in [2.05, 4.69) is 68.4 Å². The molecular weight excluding hydrogens is 246 g/mol. The van der Waals surface area contributed by atoms with Gasteiger partial charge < -0.3 is 4.84 Å². The van der Waals surface area contributed by atoms with Gasteiger partial charge in [-0.3, -0.25) is 0 Å². The molecule has 0 unspecified atom stereocenters. The highest BCUT2D eigenvalue weighted by Crippen LogP contribution is 2.11. The molecule has 0 radical (unpaired) electrons. The van der Waals surface area contributed by atoms with Crippen molar-refractivity contribution in [2.45, 2.75) is 34.3 Å². The highest BCUT2D eigenvalue weighted by atomic mass is 16.6. The minimum atomic E-state index is 0.502. The fourth-order valence-corrected chi connectivity index (χ4v) is 1.91. The molecule has 0 aliphatic carbocycles. The number of benzene rings is 2. The van der Waals surface area contributed by atoms with Crippen molar-refractivity contribution in [1.29, 1.82) is 0 Å². The summed E-state index contributed by atoms with van der Waals surface area (Å²) in [5, 5.41) is 4.20. The van der Waals surface area contributed by atoms with Crippen LogP contribution in [-0.4, -0.2) is 5.71 Å². The largest absolute Gasteiger partial charge is 0.391 e. The summed E-state index contributed by atoms with van der Waals surface area (Å²) in [7, 11) is 0. The first-order chi connectivity index (χ1) is 9.56. The van der Waals surface area contributed by atoms with E-state index in [0.717, 1.165) is 16.8 Å². The fourth-order valence-electron chi connectivity index (χ4n) is 1.91. The topological polar surface area (TPSA) is 21.6 Å². The van der Waals surface area contributed by atoms with Crippen LogP contribution in [0.1, 0.15) is 34.7 Å². The van der Waals surface area contributed by atoms with Gasteiger partial charge in [-0.25, -0.2) is 0 Å². The number of nitrogens with zero attached hydrogens (tertiary/aromatic N) is 1.